The van der Waals surface area contributed by atoms with Gasteiger partial charge in [-0.1, -0.05) is 192 Å². The summed E-state index contributed by atoms with van der Waals surface area (Å²) in [7, 11) is -4.62. The standard InChI is InChI=1S/C46H87O10P/c1-3-5-7-9-11-13-15-17-19-20-21-22-23-24-26-27-29-31-33-35-37-45(49)53-41-44(42-55-57(51,52)54-40-43(48)39-47)56-46(50)38-36-34-32-30-28-25-18-16-14-12-10-8-6-4-2/h10,12,16,18,43-44,47-48H,3-9,11,13-15,17,19-42H2,1-2H3,(H,51,52)/b12-10+,18-16+/t43-,44-/m1/s1. The zero-order valence-electron chi connectivity index (χ0n) is 36.6. The van der Waals surface area contributed by atoms with Crippen molar-refractivity contribution in [1.82, 2.24) is 0 Å². The predicted octanol–water partition coefficient (Wildman–Crippen LogP) is 12.6. The fraction of sp³-hybridized carbons (Fsp3) is 0.870. The Morgan fingerprint density at radius 1 is 0.526 bits per heavy atom. The predicted molar refractivity (Wildman–Crippen MR) is 233 cm³/mol. The molecule has 1 unspecified atom stereocenters. The van der Waals surface area contributed by atoms with Crippen LogP contribution < -0.4 is 0 Å². The number of aliphatic hydroxyl groups excluding tert-OH is 2. The van der Waals surface area contributed by atoms with E-state index in [0.717, 1.165) is 64.2 Å². The highest BCUT2D eigenvalue weighted by Gasteiger charge is 2.27. The molecule has 57 heavy (non-hydrogen) atoms. The molecule has 0 fully saturated rings. The molecule has 0 aromatic heterocycles. The largest absolute Gasteiger partial charge is 0.472 e. The molecule has 0 saturated heterocycles. The molecule has 0 spiro atoms. The third kappa shape index (κ3) is 42.4. The molecule has 0 radical (unpaired) electrons. The number of rotatable bonds is 44. The van der Waals surface area contributed by atoms with Crippen molar-refractivity contribution in [2.24, 2.45) is 0 Å². The summed E-state index contributed by atoms with van der Waals surface area (Å²) in [5.41, 5.74) is 0. The highest BCUT2D eigenvalue weighted by Crippen LogP contribution is 2.43. The minimum atomic E-state index is -4.62. The van der Waals surface area contributed by atoms with Crippen LogP contribution in [0.1, 0.15) is 219 Å². The Hall–Kier alpha value is -1.55. The highest BCUT2D eigenvalue weighted by molar-refractivity contribution is 7.47. The van der Waals surface area contributed by atoms with Crippen LogP contribution in [0.4, 0.5) is 0 Å². The summed E-state index contributed by atoms with van der Waals surface area (Å²) < 4.78 is 32.7. The van der Waals surface area contributed by atoms with E-state index < -0.39 is 51.8 Å². The topological polar surface area (TPSA) is 149 Å². The van der Waals surface area contributed by atoms with Gasteiger partial charge in [-0.05, 0) is 38.5 Å². The zero-order chi connectivity index (χ0) is 41.9. The Kier molecular flexibility index (Phi) is 41.4. The van der Waals surface area contributed by atoms with E-state index in [1.54, 1.807) is 0 Å². The smallest absolute Gasteiger partial charge is 0.462 e. The number of phosphoric ester groups is 1. The van der Waals surface area contributed by atoms with E-state index in [9.17, 15) is 24.2 Å². The van der Waals surface area contributed by atoms with E-state index in [2.05, 4.69) is 38.2 Å². The van der Waals surface area contributed by atoms with Crippen LogP contribution in [0.15, 0.2) is 24.3 Å². The number of hydrogen-bond acceptors (Lipinski definition) is 9. The van der Waals surface area contributed by atoms with Gasteiger partial charge in [0.15, 0.2) is 6.10 Å². The van der Waals surface area contributed by atoms with Crippen molar-refractivity contribution in [1.29, 1.82) is 0 Å². The lowest BCUT2D eigenvalue weighted by Crippen LogP contribution is -2.29. The van der Waals surface area contributed by atoms with Crippen LogP contribution in [0, 0.1) is 0 Å². The number of carbonyl (C=O) groups excluding carboxylic acids is 2. The quantitative estimate of drug-likeness (QED) is 0.0234. The lowest BCUT2D eigenvalue weighted by Gasteiger charge is -2.20. The van der Waals surface area contributed by atoms with Gasteiger partial charge < -0.3 is 24.6 Å². The molecule has 3 atom stereocenters. The second-order valence-corrected chi connectivity index (χ2v) is 17.2. The van der Waals surface area contributed by atoms with Crippen molar-refractivity contribution < 1.29 is 47.8 Å². The lowest BCUT2D eigenvalue weighted by molar-refractivity contribution is -0.161. The van der Waals surface area contributed by atoms with Crippen LogP contribution in [-0.2, 0) is 32.7 Å². The Balaban J connectivity index is 4.19. The molecule has 0 amide bonds. The van der Waals surface area contributed by atoms with Crippen molar-refractivity contribution in [3.63, 3.8) is 0 Å². The summed E-state index contributed by atoms with van der Waals surface area (Å²) in [6.45, 7) is 2.35. The first kappa shape index (κ1) is 55.5. The summed E-state index contributed by atoms with van der Waals surface area (Å²) in [5, 5.41) is 18.3. The number of carbonyl (C=O) groups is 2. The molecule has 0 aliphatic heterocycles. The Morgan fingerprint density at radius 2 is 0.930 bits per heavy atom. The molecule has 0 aliphatic carbocycles. The number of hydrogen-bond donors (Lipinski definition) is 3. The van der Waals surface area contributed by atoms with Gasteiger partial charge >= 0.3 is 19.8 Å². The number of esters is 2. The molecule has 0 bridgehead atoms. The Morgan fingerprint density at radius 3 is 1.40 bits per heavy atom. The molecule has 0 heterocycles. The second-order valence-electron chi connectivity index (χ2n) is 15.8. The van der Waals surface area contributed by atoms with Gasteiger partial charge in [0.25, 0.3) is 0 Å². The second kappa shape index (κ2) is 42.6. The lowest BCUT2D eigenvalue weighted by atomic mass is 10.0. The number of unbranched alkanes of at least 4 members (excludes halogenated alkanes) is 26. The van der Waals surface area contributed by atoms with E-state index in [1.807, 2.05) is 0 Å². The summed E-state index contributed by atoms with van der Waals surface area (Å²) in [6.07, 6.45) is 42.9. The molecule has 0 aromatic rings. The van der Waals surface area contributed by atoms with Gasteiger partial charge in [0.2, 0.25) is 0 Å². The van der Waals surface area contributed by atoms with Crippen LogP contribution in [0.2, 0.25) is 0 Å². The van der Waals surface area contributed by atoms with Gasteiger partial charge in [0.1, 0.15) is 12.7 Å². The molecule has 10 nitrogen and oxygen atoms in total. The summed E-state index contributed by atoms with van der Waals surface area (Å²) in [5.74, 6) is -0.931. The maximum absolute atomic E-state index is 12.6. The first-order valence-electron chi connectivity index (χ1n) is 23.3. The maximum Gasteiger partial charge on any atom is 0.472 e. The molecule has 11 heteroatoms. The molecular formula is C46H87O10P. The fourth-order valence-electron chi connectivity index (χ4n) is 6.48. The minimum absolute atomic E-state index is 0.171. The molecule has 0 aliphatic rings. The number of phosphoric acid groups is 1. The van der Waals surface area contributed by atoms with E-state index >= 15 is 0 Å². The van der Waals surface area contributed by atoms with Crippen molar-refractivity contribution in [2.45, 2.75) is 232 Å². The van der Waals surface area contributed by atoms with Crippen molar-refractivity contribution >= 4 is 19.8 Å². The fourth-order valence-corrected chi connectivity index (χ4v) is 7.27. The van der Waals surface area contributed by atoms with Crippen molar-refractivity contribution in [2.75, 3.05) is 26.4 Å². The third-order valence-electron chi connectivity index (χ3n) is 10.1. The van der Waals surface area contributed by atoms with Gasteiger partial charge in [-0.2, -0.15) is 0 Å². The van der Waals surface area contributed by atoms with Gasteiger partial charge in [-0.25, -0.2) is 4.57 Å². The average Bonchev–Trinajstić information content (AvgIpc) is 3.20. The first-order chi connectivity index (χ1) is 27.7. The molecule has 0 rings (SSSR count). The van der Waals surface area contributed by atoms with Gasteiger partial charge in [-0.15, -0.1) is 0 Å². The average molecular weight is 831 g/mol. The van der Waals surface area contributed by atoms with Gasteiger partial charge in [-0.3, -0.25) is 18.6 Å². The van der Waals surface area contributed by atoms with E-state index in [1.165, 1.54) is 116 Å². The molecular weight excluding hydrogens is 743 g/mol. The monoisotopic (exact) mass is 831 g/mol. The SMILES string of the molecule is CCCC/C=C/C/C=C/CCCCCCCC(=O)O[C@H](COC(=O)CCCCCCCCCCCCCCCCCCCCCC)COP(=O)(O)OC[C@H](O)CO. The third-order valence-corrected chi connectivity index (χ3v) is 11.1. The van der Waals surface area contributed by atoms with Gasteiger partial charge in [0.05, 0.1) is 19.8 Å². The summed E-state index contributed by atoms with van der Waals surface area (Å²) in [6, 6.07) is 0. The van der Waals surface area contributed by atoms with Crippen LogP contribution >= 0.6 is 7.82 Å². The Labute approximate surface area is 348 Å². The summed E-state index contributed by atoms with van der Waals surface area (Å²) in [4.78, 5) is 35.0. The number of aliphatic hydroxyl groups is 2. The zero-order valence-corrected chi connectivity index (χ0v) is 37.5. The van der Waals surface area contributed by atoms with Crippen molar-refractivity contribution in [3.8, 4) is 0 Å². The summed E-state index contributed by atoms with van der Waals surface area (Å²) >= 11 is 0. The van der Waals surface area contributed by atoms with Crippen LogP contribution in [0.3, 0.4) is 0 Å². The highest BCUT2D eigenvalue weighted by atomic mass is 31.2. The number of ether oxygens (including phenoxy) is 2. The molecule has 0 saturated carbocycles. The normalized spacial score (nSPS) is 14.0. The first-order valence-corrected chi connectivity index (χ1v) is 24.8. The van der Waals surface area contributed by atoms with E-state index in [-0.39, 0.29) is 19.4 Å². The van der Waals surface area contributed by atoms with Crippen molar-refractivity contribution in [3.05, 3.63) is 24.3 Å². The van der Waals surface area contributed by atoms with E-state index in [4.69, 9.17) is 23.6 Å². The molecule has 3 N–H and O–H groups in total. The Bertz CT molecular complexity index is 1000. The molecule has 0 aromatic carbocycles. The minimum Gasteiger partial charge on any atom is -0.462 e. The van der Waals surface area contributed by atoms with Crippen LogP contribution in [0.5, 0.6) is 0 Å². The number of allylic oxidation sites excluding steroid dienone is 4. The maximum atomic E-state index is 12.6. The van der Waals surface area contributed by atoms with E-state index in [0.29, 0.717) is 12.8 Å². The van der Waals surface area contributed by atoms with Crippen LogP contribution in [0.25, 0.3) is 0 Å². The van der Waals surface area contributed by atoms with Gasteiger partial charge in [0, 0.05) is 12.8 Å². The van der Waals surface area contributed by atoms with Crippen LogP contribution in [-0.4, -0.2) is 65.7 Å². The molecule has 336 valence electrons.